The van der Waals surface area contributed by atoms with Crippen molar-refractivity contribution in [2.45, 2.75) is 19.9 Å². The summed E-state index contributed by atoms with van der Waals surface area (Å²) in [4.78, 5) is 11.6. The summed E-state index contributed by atoms with van der Waals surface area (Å²) < 4.78 is 0. The molecular weight excluding hydrogens is 214 g/mol. The molecule has 0 radical (unpaired) electrons. The van der Waals surface area contributed by atoms with Crippen LogP contribution in [-0.4, -0.2) is 23.7 Å². The minimum Gasteiger partial charge on any atom is -0.394 e. The van der Waals surface area contributed by atoms with Crippen LogP contribution in [0.1, 0.15) is 22.8 Å². The summed E-state index contributed by atoms with van der Waals surface area (Å²) in [6, 6.07) is 4.87. The minimum atomic E-state index is -0.252. The van der Waals surface area contributed by atoms with E-state index in [1.165, 1.54) is 0 Å². The number of benzene rings is 1. The van der Waals surface area contributed by atoms with E-state index in [0.717, 1.165) is 5.56 Å². The normalized spacial score (nSPS) is 12.3. The second-order valence-corrected chi connectivity index (χ2v) is 3.93. The van der Waals surface area contributed by atoms with Crippen molar-refractivity contribution >= 4 is 17.5 Å². The second-order valence-electron chi connectivity index (χ2n) is 3.52. The topological polar surface area (TPSA) is 49.3 Å². The van der Waals surface area contributed by atoms with Gasteiger partial charge in [-0.2, -0.15) is 0 Å². The Morgan fingerprint density at radius 1 is 1.60 bits per heavy atom. The first-order chi connectivity index (χ1) is 7.04. The molecule has 0 spiro atoms. The Hall–Kier alpha value is -1.06. The van der Waals surface area contributed by atoms with Crippen molar-refractivity contribution in [2.75, 3.05) is 6.61 Å². The molecule has 15 heavy (non-hydrogen) atoms. The molecular formula is C11H14ClNO2. The highest BCUT2D eigenvalue weighted by atomic mass is 35.5. The molecule has 2 N–H and O–H groups in total. The average Bonchev–Trinajstić information content (AvgIpc) is 2.21. The predicted octanol–water partition coefficient (Wildman–Crippen LogP) is 1.76. The molecule has 0 aliphatic rings. The third-order valence-corrected chi connectivity index (χ3v) is 2.49. The van der Waals surface area contributed by atoms with Crippen LogP contribution in [0, 0.1) is 6.92 Å². The fraction of sp³-hybridized carbons (Fsp3) is 0.364. The highest BCUT2D eigenvalue weighted by molar-refractivity contribution is 6.31. The van der Waals surface area contributed by atoms with Crippen LogP contribution in [0.15, 0.2) is 18.2 Å². The molecule has 1 aromatic carbocycles. The first-order valence-corrected chi connectivity index (χ1v) is 5.10. The molecule has 0 saturated heterocycles. The number of nitrogens with one attached hydrogen (secondary N) is 1. The van der Waals surface area contributed by atoms with E-state index >= 15 is 0 Å². The Bertz CT molecular complexity index is 366. The molecule has 0 aliphatic heterocycles. The number of aliphatic hydroxyl groups excluding tert-OH is 1. The summed E-state index contributed by atoms with van der Waals surface area (Å²) in [5, 5.41) is 12.0. The van der Waals surface area contributed by atoms with Crippen LogP contribution in [-0.2, 0) is 0 Å². The Kier molecular flexibility index (Phi) is 4.12. The molecule has 0 bridgehead atoms. The summed E-state index contributed by atoms with van der Waals surface area (Å²) in [7, 11) is 0. The number of rotatable bonds is 3. The highest BCUT2D eigenvalue weighted by Crippen LogP contribution is 2.16. The molecule has 0 fully saturated rings. The predicted molar refractivity (Wildman–Crippen MR) is 60.2 cm³/mol. The van der Waals surface area contributed by atoms with Gasteiger partial charge in [-0.05, 0) is 31.5 Å². The lowest BCUT2D eigenvalue weighted by molar-refractivity contribution is 0.0922. The van der Waals surface area contributed by atoms with Crippen molar-refractivity contribution in [3.63, 3.8) is 0 Å². The lowest BCUT2D eigenvalue weighted by atomic mass is 10.1. The van der Waals surface area contributed by atoms with Crippen LogP contribution in [0.5, 0.6) is 0 Å². The maximum atomic E-state index is 11.6. The van der Waals surface area contributed by atoms with E-state index in [2.05, 4.69) is 5.32 Å². The Labute approximate surface area is 94.1 Å². The lowest BCUT2D eigenvalue weighted by Crippen LogP contribution is -2.34. The number of aliphatic hydroxyl groups is 1. The maximum Gasteiger partial charge on any atom is 0.251 e. The molecule has 3 nitrogen and oxygen atoms in total. The fourth-order valence-electron chi connectivity index (χ4n) is 1.09. The molecule has 0 heterocycles. The van der Waals surface area contributed by atoms with Crippen LogP contribution in [0.25, 0.3) is 0 Å². The third-order valence-electron chi connectivity index (χ3n) is 2.09. The van der Waals surface area contributed by atoms with Crippen LogP contribution < -0.4 is 5.32 Å². The van der Waals surface area contributed by atoms with Gasteiger partial charge < -0.3 is 10.4 Å². The zero-order valence-electron chi connectivity index (χ0n) is 8.75. The quantitative estimate of drug-likeness (QED) is 0.827. The van der Waals surface area contributed by atoms with Gasteiger partial charge in [-0.15, -0.1) is 0 Å². The number of carbonyl (C=O) groups excluding carboxylic acids is 1. The van der Waals surface area contributed by atoms with Gasteiger partial charge in [0.15, 0.2) is 0 Å². The van der Waals surface area contributed by atoms with Crippen molar-refractivity contribution in [3.8, 4) is 0 Å². The maximum absolute atomic E-state index is 11.6. The van der Waals surface area contributed by atoms with E-state index < -0.39 is 0 Å². The van der Waals surface area contributed by atoms with Crippen molar-refractivity contribution in [1.82, 2.24) is 5.32 Å². The van der Waals surface area contributed by atoms with Gasteiger partial charge in [0.25, 0.3) is 5.91 Å². The standard InChI is InChI=1S/C11H14ClNO2/c1-7-3-4-9(5-10(7)12)11(15)13-8(2)6-14/h3-5,8,14H,6H2,1-2H3,(H,13,15). The first-order valence-electron chi connectivity index (χ1n) is 4.72. The largest absolute Gasteiger partial charge is 0.394 e. The molecule has 0 aromatic heterocycles. The minimum absolute atomic E-state index is 0.0780. The van der Waals surface area contributed by atoms with E-state index in [4.69, 9.17) is 16.7 Å². The summed E-state index contributed by atoms with van der Waals surface area (Å²) in [5.74, 6) is -0.224. The highest BCUT2D eigenvalue weighted by Gasteiger charge is 2.09. The van der Waals surface area contributed by atoms with E-state index in [-0.39, 0.29) is 18.6 Å². The molecule has 1 rings (SSSR count). The zero-order chi connectivity index (χ0) is 11.4. The van der Waals surface area contributed by atoms with E-state index in [1.807, 2.05) is 6.92 Å². The van der Waals surface area contributed by atoms with Crippen molar-refractivity contribution in [3.05, 3.63) is 34.3 Å². The SMILES string of the molecule is Cc1ccc(C(=O)NC(C)CO)cc1Cl. The fourth-order valence-corrected chi connectivity index (χ4v) is 1.27. The number of aryl methyl sites for hydroxylation is 1. The van der Waals surface area contributed by atoms with E-state index in [9.17, 15) is 4.79 Å². The van der Waals surface area contributed by atoms with E-state index in [0.29, 0.717) is 10.6 Å². The Morgan fingerprint density at radius 3 is 2.80 bits per heavy atom. The zero-order valence-corrected chi connectivity index (χ0v) is 9.51. The van der Waals surface area contributed by atoms with Gasteiger partial charge in [-0.25, -0.2) is 0 Å². The van der Waals surface area contributed by atoms with Crippen LogP contribution in [0.2, 0.25) is 5.02 Å². The van der Waals surface area contributed by atoms with Gasteiger partial charge in [0.2, 0.25) is 0 Å². The summed E-state index contributed by atoms with van der Waals surface area (Å²) in [6.45, 7) is 3.53. The second kappa shape index (κ2) is 5.14. The van der Waals surface area contributed by atoms with Crippen molar-refractivity contribution in [2.24, 2.45) is 0 Å². The molecule has 1 atom stereocenters. The van der Waals surface area contributed by atoms with Crippen LogP contribution >= 0.6 is 11.6 Å². The number of halogens is 1. The number of hydrogen-bond donors (Lipinski definition) is 2. The molecule has 0 saturated carbocycles. The van der Waals surface area contributed by atoms with Gasteiger partial charge in [0.05, 0.1) is 6.61 Å². The van der Waals surface area contributed by atoms with Gasteiger partial charge >= 0.3 is 0 Å². The van der Waals surface area contributed by atoms with Crippen molar-refractivity contribution in [1.29, 1.82) is 0 Å². The average molecular weight is 228 g/mol. The smallest absolute Gasteiger partial charge is 0.251 e. The van der Waals surface area contributed by atoms with Gasteiger partial charge in [0.1, 0.15) is 0 Å². The van der Waals surface area contributed by atoms with Crippen LogP contribution in [0.3, 0.4) is 0 Å². The Balaban J connectivity index is 2.78. The van der Waals surface area contributed by atoms with Gasteiger partial charge in [0, 0.05) is 16.6 Å². The number of hydrogen-bond acceptors (Lipinski definition) is 2. The van der Waals surface area contributed by atoms with Gasteiger partial charge in [-0.3, -0.25) is 4.79 Å². The van der Waals surface area contributed by atoms with Crippen molar-refractivity contribution < 1.29 is 9.90 Å². The third kappa shape index (κ3) is 3.22. The molecule has 0 aliphatic carbocycles. The Morgan fingerprint density at radius 2 is 2.27 bits per heavy atom. The number of amides is 1. The summed E-state index contributed by atoms with van der Waals surface area (Å²) in [5.41, 5.74) is 1.44. The first kappa shape index (κ1) is 12.0. The molecule has 82 valence electrons. The summed E-state index contributed by atoms with van der Waals surface area (Å²) in [6.07, 6.45) is 0. The van der Waals surface area contributed by atoms with E-state index in [1.54, 1.807) is 25.1 Å². The lowest BCUT2D eigenvalue weighted by Gasteiger charge is -2.11. The molecule has 1 amide bonds. The molecule has 1 aromatic rings. The number of carbonyl (C=O) groups is 1. The van der Waals surface area contributed by atoms with Gasteiger partial charge in [-0.1, -0.05) is 17.7 Å². The van der Waals surface area contributed by atoms with Crippen LogP contribution in [0.4, 0.5) is 0 Å². The molecule has 4 heteroatoms. The monoisotopic (exact) mass is 227 g/mol. The summed E-state index contributed by atoms with van der Waals surface area (Å²) >= 11 is 5.90. The molecule has 1 unspecified atom stereocenters.